The zero-order valence-corrected chi connectivity index (χ0v) is 13.6. The SMILES string of the molecule is COCC(Br)CN(C)Cc1cc(Cl)cc2c1OCC2. The number of nitrogens with zero attached hydrogens (tertiary/aromatic N) is 1. The predicted molar refractivity (Wildman–Crippen MR) is 81.6 cm³/mol. The van der Waals surface area contributed by atoms with Gasteiger partial charge in [-0.05, 0) is 24.7 Å². The van der Waals surface area contributed by atoms with Gasteiger partial charge in [0.15, 0.2) is 0 Å². The first-order valence-electron chi connectivity index (χ1n) is 6.35. The number of rotatable bonds is 6. The summed E-state index contributed by atoms with van der Waals surface area (Å²) in [6.07, 6.45) is 0.956. The summed E-state index contributed by atoms with van der Waals surface area (Å²) in [5.74, 6) is 1.02. The molecule has 0 bridgehead atoms. The molecule has 1 heterocycles. The van der Waals surface area contributed by atoms with Crippen molar-refractivity contribution in [1.82, 2.24) is 4.90 Å². The Morgan fingerprint density at radius 3 is 3.05 bits per heavy atom. The summed E-state index contributed by atoms with van der Waals surface area (Å²) in [6, 6.07) is 4.01. The third-order valence-corrected chi connectivity index (χ3v) is 3.90. The van der Waals surface area contributed by atoms with Crippen LogP contribution in [0.15, 0.2) is 12.1 Å². The first kappa shape index (κ1) is 15.1. The van der Waals surface area contributed by atoms with Gasteiger partial charge in [0, 0.05) is 37.2 Å². The minimum atomic E-state index is 0.329. The number of benzene rings is 1. The molecule has 1 aliphatic rings. The first-order valence-corrected chi connectivity index (χ1v) is 7.65. The number of ether oxygens (including phenoxy) is 2. The summed E-state index contributed by atoms with van der Waals surface area (Å²) in [5.41, 5.74) is 2.39. The van der Waals surface area contributed by atoms with Crippen molar-refractivity contribution in [1.29, 1.82) is 0 Å². The highest BCUT2D eigenvalue weighted by Crippen LogP contribution is 2.33. The molecule has 5 heteroatoms. The number of hydrogen-bond donors (Lipinski definition) is 0. The average molecular weight is 349 g/mol. The highest BCUT2D eigenvalue weighted by molar-refractivity contribution is 9.09. The molecule has 0 N–H and O–H groups in total. The molecule has 3 nitrogen and oxygen atoms in total. The lowest BCUT2D eigenvalue weighted by molar-refractivity contribution is 0.184. The van der Waals surface area contributed by atoms with Gasteiger partial charge in [0.1, 0.15) is 5.75 Å². The Balaban J connectivity index is 2.03. The molecule has 1 aromatic carbocycles. The van der Waals surface area contributed by atoms with E-state index < -0.39 is 0 Å². The van der Waals surface area contributed by atoms with Gasteiger partial charge in [-0.1, -0.05) is 27.5 Å². The molecule has 1 unspecified atom stereocenters. The topological polar surface area (TPSA) is 21.7 Å². The van der Waals surface area contributed by atoms with Gasteiger partial charge in [-0.2, -0.15) is 0 Å². The molecule has 0 aromatic heterocycles. The Kier molecular flexibility index (Phi) is 5.51. The van der Waals surface area contributed by atoms with E-state index in [0.29, 0.717) is 11.4 Å². The Labute approximate surface area is 128 Å². The Hall–Kier alpha value is -0.290. The van der Waals surface area contributed by atoms with Gasteiger partial charge in [0.05, 0.1) is 18.0 Å². The quantitative estimate of drug-likeness (QED) is 0.737. The van der Waals surface area contributed by atoms with Gasteiger partial charge in [-0.25, -0.2) is 0 Å². The van der Waals surface area contributed by atoms with Gasteiger partial charge in [-0.15, -0.1) is 0 Å². The van der Waals surface area contributed by atoms with Crippen LogP contribution in [0.25, 0.3) is 0 Å². The third kappa shape index (κ3) is 4.09. The lowest BCUT2D eigenvalue weighted by Crippen LogP contribution is -2.28. The summed E-state index contributed by atoms with van der Waals surface area (Å²) < 4.78 is 10.8. The van der Waals surface area contributed by atoms with Crippen LogP contribution in [0.1, 0.15) is 11.1 Å². The summed E-state index contributed by atoms with van der Waals surface area (Å²) in [5, 5.41) is 0.792. The Morgan fingerprint density at radius 2 is 2.32 bits per heavy atom. The van der Waals surface area contributed by atoms with E-state index >= 15 is 0 Å². The Morgan fingerprint density at radius 1 is 1.53 bits per heavy atom. The van der Waals surface area contributed by atoms with E-state index in [4.69, 9.17) is 21.1 Å². The van der Waals surface area contributed by atoms with Crippen molar-refractivity contribution in [2.45, 2.75) is 17.8 Å². The van der Waals surface area contributed by atoms with Crippen molar-refractivity contribution in [2.75, 3.05) is 33.9 Å². The Bertz CT molecular complexity index is 442. The minimum Gasteiger partial charge on any atom is -0.493 e. The zero-order valence-electron chi connectivity index (χ0n) is 11.3. The van der Waals surface area contributed by atoms with Gasteiger partial charge in [-0.3, -0.25) is 0 Å². The standard InChI is InChI=1S/C14H19BrClNO2/c1-17(8-12(15)9-18-2)7-11-6-13(16)5-10-3-4-19-14(10)11/h5-6,12H,3-4,7-9H2,1-2H3. The second kappa shape index (κ2) is 6.93. The highest BCUT2D eigenvalue weighted by Gasteiger charge is 2.19. The van der Waals surface area contributed by atoms with Crippen LogP contribution in [-0.2, 0) is 17.7 Å². The lowest BCUT2D eigenvalue weighted by Gasteiger charge is -2.21. The van der Waals surface area contributed by atoms with Crippen LogP contribution in [0.5, 0.6) is 5.75 Å². The van der Waals surface area contributed by atoms with Crippen LogP contribution in [0.2, 0.25) is 5.02 Å². The molecule has 1 atom stereocenters. The molecule has 1 aromatic rings. The molecular weight excluding hydrogens is 330 g/mol. The number of halogens is 2. The fourth-order valence-electron chi connectivity index (χ4n) is 2.39. The monoisotopic (exact) mass is 347 g/mol. The second-order valence-electron chi connectivity index (χ2n) is 4.90. The molecule has 0 aliphatic carbocycles. The molecular formula is C14H19BrClNO2. The molecule has 0 radical (unpaired) electrons. The fourth-order valence-corrected chi connectivity index (χ4v) is 3.41. The number of hydrogen-bond acceptors (Lipinski definition) is 3. The maximum absolute atomic E-state index is 6.16. The van der Waals surface area contributed by atoms with Crippen molar-refractivity contribution in [2.24, 2.45) is 0 Å². The summed E-state index contributed by atoms with van der Waals surface area (Å²) in [7, 11) is 3.80. The van der Waals surface area contributed by atoms with Gasteiger partial charge in [0.2, 0.25) is 0 Å². The molecule has 2 rings (SSSR count). The highest BCUT2D eigenvalue weighted by atomic mass is 79.9. The van der Waals surface area contributed by atoms with Gasteiger partial charge < -0.3 is 14.4 Å². The van der Waals surface area contributed by atoms with E-state index in [1.807, 2.05) is 12.1 Å². The smallest absolute Gasteiger partial charge is 0.127 e. The average Bonchev–Trinajstić information content (AvgIpc) is 2.76. The van der Waals surface area contributed by atoms with Crippen molar-refractivity contribution in [3.05, 3.63) is 28.3 Å². The van der Waals surface area contributed by atoms with E-state index in [-0.39, 0.29) is 0 Å². The number of methoxy groups -OCH3 is 1. The van der Waals surface area contributed by atoms with Crippen molar-refractivity contribution >= 4 is 27.5 Å². The molecule has 1 aliphatic heterocycles. The molecule has 0 saturated heterocycles. The number of alkyl halides is 1. The van der Waals surface area contributed by atoms with E-state index in [1.165, 1.54) is 11.1 Å². The lowest BCUT2D eigenvalue weighted by atomic mass is 10.1. The van der Waals surface area contributed by atoms with Gasteiger partial charge in [0.25, 0.3) is 0 Å². The molecule has 106 valence electrons. The van der Waals surface area contributed by atoms with Crippen LogP contribution in [0, 0.1) is 0 Å². The van der Waals surface area contributed by atoms with Crippen LogP contribution in [0.4, 0.5) is 0 Å². The van der Waals surface area contributed by atoms with Gasteiger partial charge >= 0.3 is 0 Å². The van der Waals surface area contributed by atoms with E-state index in [1.54, 1.807) is 7.11 Å². The van der Waals surface area contributed by atoms with E-state index in [9.17, 15) is 0 Å². The van der Waals surface area contributed by atoms with Crippen LogP contribution < -0.4 is 4.74 Å². The summed E-state index contributed by atoms with van der Waals surface area (Å²) in [6.45, 7) is 3.20. The molecule has 0 amide bonds. The normalized spacial score (nSPS) is 15.4. The minimum absolute atomic E-state index is 0.329. The van der Waals surface area contributed by atoms with Crippen LogP contribution in [0.3, 0.4) is 0 Å². The van der Waals surface area contributed by atoms with Crippen molar-refractivity contribution in [3.8, 4) is 5.75 Å². The summed E-state index contributed by atoms with van der Waals surface area (Å²) in [4.78, 5) is 2.57. The molecule has 0 fully saturated rings. The second-order valence-corrected chi connectivity index (χ2v) is 6.63. The van der Waals surface area contributed by atoms with Crippen molar-refractivity contribution in [3.63, 3.8) is 0 Å². The molecule has 0 spiro atoms. The summed E-state index contributed by atoms with van der Waals surface area (Å²) >= 11 is 9.77. The maximum Gasteiger partial charge on any atom is 0.127 e. The molecule has 0 saturated carbocycles. The predicted octanol–water partition coefficient (Wildman–Crippen LogP) is 3.12. The van der Waals surface area contributed by atoms with E-state index in [2.05, 4.69) is 27.9 Å². The zero-order chi connectivity index (χ0) is 13.8. The van der Waals surface area contributed by atoms with Crippen molar-refractivity contribution < 1.29 is 9.47 Å². The van der Waals surface area contributed by atoms with Crippen LogP contribution >= 0.6 is 27.5 Å². The maximum atomic E-state index is 6.16. The number of fused-ring (bicyclic) bond motifs is 1. The molecule has 19 heavy (non-hydrogen) atoms. The largest absolute Gasteiger partial charge is 0.493 e. The first-order chi connectivity index (χ1) is 9.10. The van der Waals surface area contributed by atoms with Crippen LogP contribution in [-0.4, -0.2) is 43.6 Å². The van der Waals surface area contributed by atoms with E-state index in [0.717, 1.165) is 36.9 Å². The fraction of sp³-hybridized carbons (Fsp3) is 0.571. The third-order valence-electron chi connectivity index (χ3n) is 3.12.